The van der Waals surface area contributed by atoms with E-state index in [-0.39, 0.29) is 18.2 Å². The number of amidine groups is 1. The van der Waals surface area contributed by atoms with E-state index >= 15 is 0 Å². The van der Waals surface area contributed by atoms with Crippen LogP contribution in [0, 0.1) is 13.8 Å². The van der Waals surface area contributed by atoms with Crippen LogP contribution in [0.2, 0.25) is 0 Å². The number of carbonyl (C=O) groups is 1. The van der Waals surface area contributed by atoms with E-state index in [0.717, 1.165) is 15.6 Å². The zero-order valence-corrected chi connectivity index (χ0v) is 11.2. The molecule has 0 saturated heterocycles. The molecule has 0 atom stereocenters. The Hall–Kier alpha value is -1.56. The van der Waals surface area contributed by atoms with Gasteiger partial charge in [0.2, 0.25) is 5.91 Å². The van der Waals surface area contributed by atoms with Crippen LogP contribution in [0.4, 0.5) is 5.69 Å². The molecule has 0 spiro atoms. The number of carbonyl (C=O) groups excluding carboxylic acids is 1. The zero-order chi connectivity index (χ0) is 13.0. The Morgan fingerprint density at radius 2 is 2.18 bits per heavy atom. The van der Waals surface area contributed by atoms with E-state index in [1.807, 2.05) is 26.0 Å². The molecule has 5 nitrogen and oxygen atoms in total. The SMILES string of the molecule is Cc1cc(C)c(NC(=O)C/C(N)=N/O)c(Br)c1. The van der Waals surface area contributed by atoms with Crippen molar-refractivity contribution in [1.82, 2.24) is 0 Å². The number of rotatable bonds is 3. The number of hydrogen-bond donors (Lipinski definition) is 3. The summed E-state index contributed by atoms with van der Waals surface area (Å²) in [6.45, 7) is 3.87. The topological polar surface area (TPSA) is 87.7 Å². The molecule has 1 rings (SSSR count). The van der Waals surface area contributed by atoms with E-state index in [4.69, 9.17) is 10.9 Å². The number of nitrogens with zero attached hydrogens (tertiary/aromatic N) is 1. The Kier molecular flexibility index (Phi) is 4.51. The maximum absolute atomic E-state index is 11.6. The quantitative estimate of drug-likeness (QED) is 0.346. The average Bonchev–Trinajstić information content (AvgIpc) is 2.23. The molecule has 0 unspecified atom stereocenters. The van der Waals surface area contributed by atoms with E-state index in [1.165, 1.54) is 0 Å². The van der Waals surface area contributed by atoms with Crippen molar-refractivity contribution in [2.75, 3.05) is 5.32 Å². The molecule has 17 heavy (non-hydrogen) atoms. The first-order valence-corrected chi connectivity index (χ1v) is 5.76. The number of hydrogen-bond acceptors (Lipinski definition) is 3. The fourth-order valence-electron chi connectivity index (χ4n) is 1.46. The lowest BCUT2D eigenvalue weighted by molar-refractivity contribution is -0.115. The summed E-state index contributed by atoms with van der Waals surface area (Å²) < 4.78 is 0.808. The van der Waals surface area contributed by atoms with E-state index < -0.39 is 0 Å². The third-order valence-electron chi connectivity index (χ3n) is 2.17. The number of halogens is 1. The summed E-state index contributed by atoms with van der Waals surface area (Å²) in [6.07, 6.45) is -0.143. The smallest absolute Gasteiger partial charge is 0.232 e. The standard InChI is InChI=1S/C11H14BrN3O2/c1-6-3-7(2)11(8(12)4-6)14-10(16)5-9(13)15-17/h3-4,17H,5H2,1-2H3,(H2,13,15)(H,14,16). The molecule has 0 aliphatic rings. The van der Waals surface area contributed by atoms with Gasteiger partial charge in [0.25, 0.3) is 0 Å². The summed E-state index contributed by atoms with van der Waals surface area (Å²) in [4.78, 5) is 11.6. The van der Waals surface area contributed by atoms with Gasteiger partial charge in [-0.1, -0.05) is 11.2 Å². The molecule has 1 amide bonds. The third kappa shape index (κ3) is 3.74. The second-order valence-corrected chi connectivity index (χ2v) is 4.61. The number of nitrogens with one attached hydrogen (secondary N) is 1. The minimum Gasteiger partial charge on any atom is -0.409 e. The predicted octanol–water partition coefficient (Wildman–Crippen LogP) is 2.14. The molecule has 6 heteroatoms. The fourth-order valence-corrected chi connectivity index (χ4v) is 2.23. The molecule has 0 aromatic heterocycles. The van der Waals surface area contributed by atoms with Gasteiger partial charge < -0.3 is 16.3 Å². The average molecular weight is 300 g/mol. The van der Waals surface area contributed by atoms with Gasteiger partial charge >= 0.3 is 0 Å². The van der Waals surface area contributed by atoms with Crippen LogP contribution in [0.5, 0.6) is 0 Å². The van der Waals surface area contributed by atoms with E-state index in [1.54, 1.807) is 0 Å². The van der Waals surface area contributed by atoms with Crippen LogP contribution in [0.25, 0.3) is 0 Å². The highest BCUT2D eigenvalue weighted by molar-refractivity contribution is 9.10. The minimum absolute atomic E-state index is 0.122. The van der Waals surface area contributed by atoms with Gasteiger partial charge in [0.05, 0.1) is 12.1 Å². The molecule has 0 fully saturated rings. The molecular weight excluding hydrogens is 286 g/mol. The highest BCUT2D eigenvalue weighted by atomic mass is 79.9. The Morgan fingerprint density at radius 1 is 1.53 bits per heavy atom. The van der Waals surface area contributed by atoms with E-state index in [0.29, 0.717) is 5.69 Å². The highest BCUT2D eigenvalue weighted by Crippen LogP contribution is 2.27. The number of anilines is 1. The van der Waals surface area contributed by atoms with Crippen molar-refractivity contribution in [3.63, 3.8) is 0 Å². The lowest BCUT2D eigenvalue weighted by Gasteiger charge is -2.11. The monoisotopic (exact) mass is 299 g/mol. The second kappa shape index (κ2) is 5.67. The molecular formula is C11H14BrN3O2. The Morgan fingerprint density at radius 3 is 2.71 bits per heavy atom. The number of aryl methyl sites for hydroxylation is 2. The van der Waals surface area contributed by atoms with Crippen molar-refractivity contribution >= 4 is 33.4 Å². The third-order valence-corrected chi connectivity index (χ3v) is 2.79. The first kappa shape index (κ1) is 13.5. The normalized spacial score (nSPS) is 11.4. The summed E-state index contributed by atoms with van der Waals surface area (Å²) >= 11 is 3.38. The number of benzene rings is 1. The van der Waals surface area contributed by atoms with Crippen molar-refractivity contribution < 1.29 is 10.0 Å². The molecule has 0 aliphatic heterocycles. The van der Waals surface area contributed by atoms with Crippen LogP contribution in [0.3, 0.4) is 0 Å². The summed E-state index contributed by atoms with van der Waals surface area (Å²) in [7, 11) is 0. The van der Waals surface area contributed by atoms with Crippen LogP contribution in [-0.4, -0.2) is 17.0 Å². The molecule has 0 saturated carbocycles. The van der Waals surface area contributed by atoms with E-state index in [2.05, 4.69) is 26.4 Å². The first-order valence-electron chi connectivity index (χ1n) is 4.97. The van der Waals surface area contributed by atoms with Crippen LogP contribution in [-0.2, 0) is 4.79 Å². The van der Waals surface area contributed by atoms with Crippen molar-refractivity contribution in [3.05, 3.63) is 27.7 Å². The van der Waals surface area contributed by atoms with Gasteiger partial charge in [0.1, 0.15) is 5.84 Å². The second-order valence-electron chi connectivity index (χ2n) is 3.75. The Balaban J connectivity index is 2.85. The van der Waals surface area contributed by atoms with Crippen LogP contribution in [0.1, 0.15) is 17.5 Å². The van der Waals surface area contributed by atoms with Gasteiger partial charge in [0, 0.05) is 4.47 Å². The van der Waals surface area contributed by atoms with Crippen molar-refractivity contribution in [2.45, 2.75) is 20.3 Å². The summed E-state index contributed by atoms with van der Waals surface area (Å²) in [5.74, 6) is -0.448. The summed E-state index contributed by atoms with van der Waals surface area (Å²) in [5, 5.41) is 13.8. The van der Waals surface area contributed by atoms with Gasteiger partial charge in [-0.2, -0.15) is 0 Å². The van der Waals surface area contributed by atoms with Gasteiger partial charge in [-0.05, 0) is 47.0 Å². The van der Waals surface area contributed by atoms with Gasteiger partial charge in [-0.15, -0.1) is 0 Å². The maximum Gasteiger partial charge on any atom is 0.232 e. The maximum atomic E-state index is 11.6. The number of nitrogens with two attached hydrogens (primary N) is 1. The largest absolute Gasteiger partial charge is 0.409 e. The number of amides is 1. The fraction of sp³-hybridized carbons (Fsp3) is 0.273. The minimum atomic E-state index is -0.326. The van der Waals surface area contributed by atoms with Crippen LogP contribution in [0.15, 0.2) is 21.8 Å². The highest BCUT2D eigenvalue weighted by Gasteiger charge is 2.10. The van der Waals surface area contributed by atoms with Crippen LogP contribution < -0.4 is 11.1 Å². The summed E-state index contributed by atoms with van der Waals surface area (Å²) in [6, 6.07) is 3.87. The first-order chi connectivity index (χ1) is 7.93. The Bertz CT molecular complexity index is 449. The lowest BCUT2D eigenvalue weighted by atomic mass is 10.1. The van der Waals surface area contributed by atoms with Crippen molar-refractivity contribution in [1.29, 1.82) is 0 Å². The molecule has 0 bridgehead atoms. The summed E-state index contributed by atoms with van der Waals surface area (Å²) in [5.41, 5.74) is 8.01. The molecule has 0 radical (unpaired) electrons. The molecule has 0 heterocycles. The number of oxime groups is 1. The lowest BCUT2D eigenvalue weighted by Crippen LogP contribution is -2.22. The molecule has 1 aromatic rings. The van der Waals surface area contributed by atoms with Crippen molar-refractivity contribution in [2.24, 2.45) is 10.9 Å². The van der Waals surface area contributed by atoms with Gasteiger partial charge in [-0.3, -0.25) is 4.79 Å². The predicted molar refractivity (Wildman–Crippen MR) is 70.3 cm³/mol. The molecule has 1 aromatic carbocycles. The Labute approximate surface area is 108 Å². The van der Waals surface area contributed by atoms with Crippen LogP contribution >= 0.6 is 15.9 Å². The molecule has 92 valence electrons. The van der Waals surface area contributed by atoms with E-state index in [9.17, 15) is 4.79 Å². The van der Waals surface area contributed by atoms with Gasteiger partial charge in [0.15, 0.2) is 0 Å². The van der Waals surface area contributed by atoms with Gasteiger partial charge in [-0.25, -0.2) is 0 Å². The van der Waals surface area contributed by atoms with Crippen molar-refractivity contribution in [3.8, 4) is 0 Å². The zero-order valence-electron chi connectivity index (χ0n) is 9.62. The molecule has 0 aliphatic carbocycles. The molecule has 4 N–H and O–H groups in total.